The van der Waals surface area contributed by atoms with Gasteiger partial charge in [0.05, 0.1) is 35.7 Å². The minimum Gasteiger partial charge on any atom is -0.392 e. The number of hydrogen-bond acceptors (Lipinski definition) is 6. The van der Waals surface area contributed by atoms with Crippen molar-refractivity contribution in [2.24, 2.45) is 17.8 Å². The molecule has 0 heterocycles. The summed E-state index contributed by atoms with van der Waals surface area (Å²) in [5, 5.41) is 11.1. The number of hydrogen-bond donors (Lipinski definition) is 1. The lowest BCUT2D eigenvalue weighted by Gasteiger charge is -2.38. The predicted molar refractivity (Wildman–Crippen MR) is 118 cm³/mol. The summed E-state index contributed by atoms with van der Waals surface area (Å²) >= 11 is 0. The van der Waals surface area contributed by atoms with Crippen LogP contribution in [0.5, 0.6) is 0 Å². The van der Waals surface area contributed by atoms with Gasteiger partial charge < -0.3 is 19.3 Å². The first-order valence-corrected chi connectivity index (χ1v) is 11.8. The van der Waals surface area contributed by atoms with Gasteiger partial charge in [-0.1, -0.05) is 61.5 Å². The SMILES string of the molecule is COCOC[C@@H]1C=C(S(=O)(=O)c2ccccc2)[C@H](C)[C@H](O)[C@H]1COCc1ccccc1. The second-order valence-electron chi connectivity index (χ2n) is 7.77. The lowest BCUT2D eigenvalue weighted by Crippen LogP contribution is -2.43. The van der Waals surface area contributed by atoms with E-state index in [1.54, 1.807) is 43.3 Å². The van der Waals surface area contributed by atoms with E-state index in [9.17, 15) is 13.5 Å². The molecule has 7 heteroatoms. The van der Waals surface area contributed by atoms with Crippen LogP contribution in [-0.4, -0.2) is 46.7 Å². The van der Waals surface area contributed by atoms with E-state index in [0.717, 1.165) is 5.56 Å². The number of aliphatic hydroxyl groups is 1. The molecule has 0 fully saturated rings. The van der Waals surface area contributed by atoms with E-state index in [0.29, 0.717) is 6.61 Å². The zero-order valence-electron chi connectivity index (χ0n) is 17.9. The summed E-state index contributed by atoms with van der Waals surface area (Å²) in [5.41, 5.74) is 1.04. The highest BCUT2D eigenvalue weighted by Crippen LogP contribution is 2.39. The van der Waals surface area contributed by atoms with Crippen LogP contribution in [0.4, 0.5) is 0 Å². The third-order valence-corrected chi connectivity index (χ3v) is 7.65. The number of methoxy groups -OCH3 is 1. The molecule has 1 N–H and O–H groups in total. The Bertz CT molecular complexity index is 943. The van der Waals surface area contributed by atoms with Crippen LogP contribution < -0.4 is 0 Å². The van der Waals surface area contributed by atoms with Crippen LogP contribution >= 0.6 is 0 Å². The first-order valence-electron chi connectivity index (χ1n) is 10.3. The van der Waals surface area contributed by atoms with Crippen molar-refractivity contribution in [3.63, 3.8) is 0 Å². The molecule has 4 atom stereocenters. The predicted octanol–water partition coefficient (Wildman–Crippen LogP) is 3.42. The fourth-order valence-corrected chi connectivity index (χ4v) is 5.67. The summed E-state index contributed by atoms with van der Waals surface area (Å²) in [6.45, 7) is 2.77. The lowest BCUT2D eigenvalue weighted by atomic mass is 9.77. The van der Waals surface area contributed by atoms with E-state index in [2.05, 4.69) is 0 Å². The van der Waals surface area contributed by atoms with Crippen molar-refractivity contribution in [1.82, 2.24) is 0 Å². The van der Waals surface area contributed by atoms with E-state index in [4.69, 9.17) is 14.2 Å². The molecule has 168 valence electrons. The van der Waals surface area contributed by atoms with E-state index in [-0.39, 0.29) is 41.6 Å². The molecule has 2 aromatic carbocycles. The molecule has 0 radical (unpaired) electrons. The second kappa shape index (κ2) is 11.0. The van der Waals surface area contributed by atoms with Crippen molar-refractivity contribution in [2.75, 3.05) is 27.1 Å². The third-order valence-electron chi connectivity index (χ3n) is 5.63. The fraction of sp³-hybridized carbons (Fsp3) is 0.417. The number of benzene rings is 2. The fourth-order valence-electron chi connectivity index (χ4n) is 3.90. The van der Waals surface area contributed by atoms with Gasteiger partial charge in [-0.2, -0.15) is 0 Å². The maximum absolute atomic E-state index is 13.2. The van der Waals surface area contributed by atoms with Crippen LogP contribution in [0.15, 0.2) is 76.5 Å². The van der Waals surface area contributed by atoms with E-state index < -0.39 is 21.9 Å². The minimum atomic E-state index is -3.72. The quantitative estimate of drug-likeness (QED) is 0.445. The standard InChI is InChI=1S/C24H30O6S/c1-18-23(31(26,27)21-11-7-4-8-12-21)13-20(15-30-17-28-2)22(24(18)25)16-29-14-19-9-5-3-6-10-19/h3-13,18,20,22,24-25H,14-17H2,1-2H3/t18-,20-,22-,24-/m0/s1. The highest BCUT2D eigenvalue weighted by Gasteiger charge is 2.41. The van der Waals surface area contributed by atoms with E-state index in [1.165, 1.54) is 7.11 Å². The monoisotopic (exact) mass is 446 g/mol. The van der Waals surface area contributed by atoms with Gasteiger partial charge in [0.1, 0.15) is 6.79 Å². The zero-order valence-corrected chi connectivity index (χ0v) is 18.7. The van der Waals surface area contributed by atoms with Gasteiger partial charge >= 0.3 is 0 Å². The van der Waals surface area contributed by atoms with Gasteiger partial charge in [-0.15, -0.1) is 0 Å². The molecule has 0 aliphatic heterocycles. The molecular weight excluding hydrogens is 416 g/mol. The second-order valence-corrected chi connectivity index (χ2v) is 9.72. The van der Waals surface area contributed by atoms with Crippen molar-refractivity contribution < 1.29 is 27.7 Å². The van der Waals surface area contributed by atoms with Gasteiger partial charge in [0.25, 0.3) is 0 Å². The first-order chi connectivity index (χ1) is 14.9. The Morgan fingerprint density at radius 3 is 2.23 bits per heavy atom. The zero-order chi connectivity index (χ0) is 22.3. The average molecular weight is 447 g/mol. The Morgan fingerprint density at radius 1 is 0.935 bits per heavy atom. The van der Waals surface area contributed by atoms with E-state index in [1.807, 2.05) is 30.3 Å². The van der Waals surface area contributed by atoms with Crippen LogP contribution in [0.25, 0.3) is 0 Å². The molecule has 0 aromatic heterocycles. The summed E-state index contributed by atoms with van der Waals surface area (Å²) in [6.07, 6.45) is 0.844. The highest BCUT2D eigenvalue weighted by molar-refractivity contribution is 7.95. The summed E-state index contributed by atoms with van der Waals surface area (Å²) in [7, 11) is -2.19. The van der Waals surface area contributed by atoms with Crippen molar-refractivity contribution >= 4 is 9.84 Å². The molecule has 0 amide bonds. The minimum absolute atomic E-state index is 0.0916. The molecule has 0 saturated heterocycles. The Kier molecular flexibility index (Phi) is 8.40. The van der Waals surface area contributed by atoms with Gasteiger partial charge in [-0.25, -0.2) is 8.42 Å². The summed E-state index contributed by atoms with van der Waals surface area (Å²) < 4.78 is 42.9. The summed E-state index contributed by atoms with van der Waals surface area (Å²) in [5.74, 6) is -1.19. The van der Waals surface area contributed by atoms with Crippen molar-refractivity contribution in [2.45, 2.75) is 24.5 Å². The number of rotatable bonds is 10. The summed E-state index contributed by atoms with van der Waals surface area (Å²) in [4.78, 5) is 0.437. The third kappa shape index (κ3) is 5.81. The van der Waals surface area contributed by atoms with Gasteiger partial charge in [0.2, 0.25) is 9.84 Å². The first kappa shape index (κ1) is 23.6. The van der Waals surface area contributed by atoms with Crippen molar-refractivity contribution in [3.8, 4) is 0 Å². The Hall–Kier alpha value is -2.03. The van der Waals surface area contributed by atoms with Gasteiger partial charge in [0, 0.05) is 24.9 Å². The topological polar surface area (TPSA) is 82.1 Å². The summed E-state index contributed by atoms with van der Waals surface area (Å²) in [6, 6.07) is 18.1. The van der Waals surface area contributed by atoms with Gasteiger partial charge in [-0.3, -0.25) is 0 Å². The van der Waals surface area contributed by atoms with Crippen LogP contribution in [0, 0.1) is 17.8 Å². The number of sulfone groups is 1. The Labute approximate surface area is 184 Å². The number of aliphatic hydroxyl groups excluding tert-OH is 1. The molecule has 0 unspecified atom stereocenters. The maximum Gasteiger partial charge on any atom is 0.202 e. The lowest BCUT2D eigenvalue weighted by molar-refractivity contribution is -0.0730. The molecule has 0 saturated carbocycles. The molecule has 1 aliphatic rings. The molecule has 1 aliphatic carbocycles. The largest absolute Gasteiger partial charge is 0.392 e. The van der Waals surface area contributed by atoms with Crippen LogP contribution in [-0.2, 0) is 30.7 Å². The molecule has 0 spiro atoms. The van der Waals surface area contributed by atoms with E-state index >= 15 is 0 Å². The van der Waals surface area contributed by atoms with Gasteiger partial charge in [0.15, 0.2) is 0 Å². The van der Waals surface area contributed by atoms with Crippen LogP contribution in [0.2, 0.25) is 0 Å². The van der Waals surface area contributed by atoms with Gasteiger partial charge in [-0.05, 0) is 17.7 Å². The smallest absolute Gasteiger partial charge is 0.202 e. The Balaban J connectivity index is 1.82. The molecule has 6 nitrogen and oxygen atoms in total. The maximum atomic E-state index is 13.2. The normalized spacial score (nSPS) is 24.0. The average Bonchev–Trinajstić information content (AvgIpc) is 2.79. The molecule has 31 heavy (non-hydrogen) atoms. The Morgan fingerprint density at radius 2 is 1.58 bits per heavy atom. The highest BCUT2D eigenvalue weighted by atomic mass is 32.2. The van der Waals surface area contributed by atoms with Crippen LogP contribution in [0.3, 0.4) is 0 Å². The van der Waals surface area contributed by atoms with Crippen molar-refractivity contribution in [1.29, 1.82) is 0 Å². The molecular formula is C24H30O6S. The molecule has 0 bridgehead atoms. The van der Waals surface area contributed by atoms with Crippen molar-refractivity contribution in [3.05, 3.63) is 77.2 Å². The van der Waals surface area contributed by atoms with Crippen LogP contribution in [0.1, 0.15) is 12.5 Å². The number of ether oxygens (including phenoxy) is 3. The molecule has 2 aromatic rings. The molecule has 3 rings (SSSR count).